The first-order valence-electron chi connectivity index (χ1n) is 12.1. The molecule has 0 atom stereocenters. The zero-order valence-electron chi connectivity index (χ0n) is 18.1. The Kier molecular flexibility index (Phi) is 24.5. The number of hydrogen-bond donors (Lipinski definition) is 0. The topological polar surface area (TPSA) is 0 Å². The van der Waals surface area contributed by atoms with Gasteiger partial charge in [-0.05, 0) is 25.7 Å². The summed E-state index contributed by atoms with van der Waals surface area (Å²) >= 11 is 0. The molecule has 0 nitrogen and oxygen atoms in total. The maximum absolute atomic E-state index is 3.90. The molecule has 0 aromatic rings. The lowest BCUT2D eigenvalue weighted by atomic mass is 10.0. The minimum Gasteiger partial charge on any atom is -0.0885 e. The predicted molar refractivity (Wildman–Crippen MR) is 121 cm³/mol. The van der Waals surface area contributed by atoms with Gasteiger partial charge in [-0.2, -0.15) is 0 Å². The normalized spacial score (nSPS) is 11.6. The minimum atomic E-state index is 1.12. The van der Waals surface area contributed by atoms with Crippen LogP contribution in [0.25, 0.3) is 0 Å². The number of allylic oxidation sites excluding steroid dienone is 2. The average Bonchev–Trinajstić information content (AvgIpc) is 2.66. The lowest BCUT2D eigenvalue weighted by Gasteiger charge is -2.01. The smallest absolute Gasteiger partial charge is 0.0351 e. The molecule has 0 N–H and O–H groups in total. The van der Waals surface area contributed by atoms with Gasteiger partial charge in [-0.15, -0.1) is 0 Å². The molecule has 0 unspecified atom stereocenters. The molecule has 0 bridgehead atoms. The molecule has 0 aliphatic rings. The molecular formula is C26H50. The van der Waals surface area contributed by atoms with E-state index in [9.17, 15) is 0 Å². The molecule has 0 aromatic carbocycles. The number of rotatable bonds is 22. The van der Waals surface area contributed by atoms with Gasteiger partial charge >= 0.3 is 0 Å². The molecule has 0 amide bonds. The molecule has 0 heterocycles. The van der Waals surface area contributed by atoms with E-state index in [0.29, 0.717) is 0 Å². The van der Waals surface area contributed by atoms with E-state index in [1.807, 2.05) is 0 Å². The van der Waals surface area contributed by atoms with Crippen molar-refractivity contribution < 1.29 is 0 Å². The van der Waals surface area contributed by atoms with Gasteiger partial charge in [-0.3, -0.25) is 0 Å². The lowest BCUT2D eigenvalue weighted by molar-refractivity contribution is 0.559. The van der Waals surface area contributed by atoms with Crippen LogP contribution in [0.1, 0.15) is 141 Å². The van der Waals surface area contributed by atoms with Crippen LogP contribution in [0.5, 0.6) is 0 Å². The first-order valence-corrected chi connectivity index (χ1v) is 12.1. The summed E-state index contributed by atoms with van der Waals surface area (Å²) in [6, 6.07) is 0. The van der Waals surface area contributed by atoms with Crippen LogP contribution in [0.3, 0.4) is 0 Å². The van der Waals surface area contributed by atoms with Gasteiger partial charge in [0.25, 0.3) is 0 Å². The van der Waals surface area contributed by atoms with Crippen LogP contribution >= 0.6 is 0 Å². The van der Waals surface area contributed by atoms with Crippen LogP contribution < -0.4 is 0 Å². The monoisotopic (exact) mass is 362 g/mol. The zero-order chi connectivity index (χ0) is 19.0. The molecule has 0 saturated carbocycles. The minimum absolute atomic E-state index is 1.12. The highest BCUT2D eigenvalue weighted by molar-refractivity contribution is 4.81. The maximum Gasteiger partial charge on any atom is -0.0351 e. The molecule has 0 spiro atoms. The van der Waals surface area contributed by atoms with Gasteiger partial charge < -0.3 is 0 Å². The highest BCUT2D eigenvalue weighted by Gasteiger charge is 1.93. The Balaban J connectivity index is 3.04. The Labute approximate surface area is 167 Å². The second-order valence-electron chi connectivity index (χ2n) is 8.12. The lowest BCUT2D eigenvalue weighted by Crippen LogP contribution is -1.82. The molecule has 0 aliphatic heterocycles. The van der Waals surface area contributed by atoms with E-state index >= 15 is 0 Å². The molecule has 0 heteroatoms. The fraction of sp³-hybridized carbons (Fsp3) is 0.846. The highest BCUT2D eigenvalue weighted by atomic mass is 14.0. The van der Waals surface area contributed by atoms with Crippen LogP contribution in [0.2, 0.25) is 0 Å². The summed E-state index contributed by atoms with van der Waals surface area (Å²) in [6.07, 6.45) is 35.2. The van der Waals surface area contributed by atoms with E-state index in [4.69, 9.17) is 0 Å². The van der Waals surface area contributed by atoms with E-state index in [0.717, 1.165) is 12.8 Å². The zero-order valence-corrected chi connectivity index (χ0v) is 18.1. The van der Waals surface area contributed by atoms with Gasteiger partial charge in [0, 0.05) is 0 Å². The summed E-state index contributed by atoms with van der Waals surface area (Å²) in [5, 5.41) is 0. The third-order valence-corrected chi connectivity index (χ3v) is 5.41. The highest BCUT2D eigenvalue weighted by Crippen LogP contribution is 2.13. The fourth-order valence-electron chi connectivity index (χ4n) is 3.59. The second kappa shape index (κ2) is 24.7. The van der Waals surface area contributed by atoms with Gasteiger partial charge in [0.05, 0.1) is 0 Å². The number of hydrogen-bond acceptors (Lipinski definition) is 0. The molecule has 0 rings (SSSR count). The van der Waals surface area contributed by atoms with Crippen molar-refractivity contribution in [3.05, 3.63) is 26.0 Å². The third kappa shape index (κ3) is 23.7. The molecule has 0 fully saturated rings. The third-order valence-electron chi connectivity index (χ3n) is 5.41. The Hall–Kier alpha value is -0.260. The molecule has 154 valence electrons. The number of unbranched alkanes of at least 4 members (excludes halogenated alkanes) is 20. The first-order chi connectivity index (χ1) is 12.9. The van der Waals surface area contributed by atoms with E-state index in [-0.39, 0.29) is 0 Å². The maximum atomic E-state index is 3.90. The van der Waals surface area contributed by atoms with E-state index in [1.54, 1.807) is 0 Å². The van der Waals surface area contributed by atoms with Crippen molar-refractivity contribution in [3.63, 3.8) is 0 Å². The largest absolute Gasteiger partial charge is 0.0885 e. The first kappa shape index (κ1) is 25.7. The van der Waals surface area contributed by atoms with Crippen LogP contribution in [0.15, 0.2) is 12.2 Å². The SMILES string of the molecule is [CH2]CCCCCCCCCCCC=CCCCCCCCCCCC[CH2]. The van der Waals surface area contributed by atoms with Crippen LogP contribution in [0, 0.1) is 13.8 Å². The van der Waals surface area contributed by atoms with Crippen molar-refractivity contribution >= 4 is 0 Å². The predicted octanol–water partition coefficient (Wildman–Crippen LogP) is 9.79. The molecule has 0 saturated heterocycles. The summed E-state index contributed by atoms with van der Waals surface area (Å²) < 4.78 is 0. The summed E-state index contributed by atoms with van der Waals surface area (Å²) in [4.78, 5) is 0. The summed E-state index contributed by atoms with van der Waals surface area (Å²) in [7, 11) is 0. The van der Waals surface area contributed by atoms with Crippen molar-refractivity contribution in [2.75, 3.05) is 0 Å². The fourth-order valence-corrected chi connectivity index (χ4v) is 3.59. The van der Waals surface area contributed by atoms with Crippen molar-refractivity contribution in [2.45, 2.75) is 141 Å². The van der Waals surface area contributed by atoms with Gasteiger partial charge in [0.2, 0.25) is 0 Å². The van der Waals surface area contributed by atoms with Gasteiger partial charge in [0.15, 0.2) is 0 Å². The van der Waals surface area contributed by atoms with E-state index < -0.39 is 0 Å². The van der Waals surface area contributed by atoms with Gasteiger partial charge in [-0.25, -0.2) is 0 Å². The van der Waals surface area contributed by atoms with E-state index in [2.05, 4.69) is 26.0 Å². The molecular weight excluding hydrogens is 312 g/mol. The Morgan fingerprint density at radius 1 is 0.308 bits per heavy atom. The van der Waals surface area contributed by atoms with Gasteiger partial charge in [0.1, 0.15) is 0 Å². The Bertz CT molecular complexity index is 227. The van der Waals surface area contributed by atoms with Gasteiger partial charge in [-0.1, -0.05) is 142 Å². The van der Waals surface area contributed by atoms with Crippen LogP contribution in [-0.4, -0.2) is 0 Å². The quantitative estimate of drug-likeness (QED) is 0.133. The molecule has 2 radical (unpaired) electrons. The average molecular weight is 363 g/mol. The summed E-state index contributed by atoms with van der Waals surface area (Å²) in [5.74, 6) is 0. The Morgan fingerprint density at radius 3 is 0.808 bits per heavy atom. The standard InChI is InChI=1S/C26H50/c1-3-5-7-9-11-13-15-17-19-21-23-25-26-24-22-20-18-16-14-12-10-8-6-4-2/h25-26H,1-24H2. The Morgan fingerprint density at radius 2 is 0.538 bits per heavy atom. The van der Waals surface area contributed by atoms with Crippen LogP contribution in [0.4, 0.5) is 0 Å². The summed E-state index contributed by atoms with van der Waals surface area (Å²) in [6.45, 7) is 7.81. The van der Waals surface area contributed by atoms with Crippen molar-refractivity contribution in [2.24, 2.45) is 0 Å². The molecule has 0 aromatic heterocycles. The summed E-state index contributed by atoms with van der Waals surface area (Å²) in [5.41, 5.74) is 0. The second-order valence-corrected chi connectivity index (χ2v) is 8.12. The van der Waals surface area contributed by atoms with E-state index in [1.165, 1.54) is 128 Å². The van der Waals surface area contributed by atoms with Crippen molar-refractivity contribution in [1.82, 2.24) is 0 Å². The van der Waals surface area contributed by atoms with Crippen molar-refractivity contribution in [1.29, 1.82) is 0 Å². The molecule has 26 heavy (non-hydrogen) atoms. The molecule has 0 aliphatic carbocycles. The van der Waals surface area contributed by atoms with Crippen LogP contribution in [-0.2, 0) is 0 Å². The van der Waals surface area contributed by atoms with Crippen molar-refractivity contribution in [3.8, 4) is 0 Å².